The Morgan fingerprint density at radius 1 is 1.40 bits per heavy atom. The van der Waals surface area contributed by atoms with Gasteiger partial charge in [0, 0.05) is 6.54 Å². The van der Waals surface area contributed by atoms with Gasteiger partial charge in [-0.2, -0.15) is 5.48 Å². The maximum Gasteiger partial charge on any atom is 0.488 e. The minimum Gasteiger partial charge on any atom is -0.423 e. The first kappa shape index (κ1) is 11.7. The second-order valence-electron chi connectivity index (χ2n) is 2.88. The van der Waals surface area contributed by atoms with E-state index in [0.29, 0.717) is 17.6 Å². The van der Waals surface area contributed by atoms with Crippen LogP contribution in [0.15, 0.2) is 24.3 Å². The number of rotatable bonds is 4. The van der Waals surface area contributed by atoms with E-state index >= 15 is 0 Å². The third-order valence-corrected chi connectivity index (χ3v) is 1.75. The van der Waals surface area contributed by atoms with Crippen molar-refractivity contribution in [3.8, 4) is 0 Å². The number of carbonyl (C=O) groups excluding carboxylic acids is 1. The highest BCUT2D eigenvalue weighted by Crippen LogP contribution is 1.99. The van der Waals surface area contributed by atoms with Crippen LogP contribution < -0.4 is 10.9 Å². The van der Waals surface area contributed by atoms with Crippen molar-refractivity contribution >= 4 is 18.6 Å². The molecular formula is C9H12BNO4. The van der Waals surface area contributed by atoms with Crippen molar-refractivity contribution < 1.29 is 19.7 Å². The van der Waals surface area contributed by atoms with Crippen LogP contribution in [0.25, 0.3) is 0 Å². The lowest BCUT2D eigenvalue weighted by molar-refractivity contribution is 0.0266. The van der Waals surface area contributed by atoms with E-state index in [1.807, 2.05) is 0 Å². The summed E-state index contributed by atoms with van der Waals surface area (Å²) >= 11 is 0. The van der Waals surface area contributed by atoms with Gasteiger partial charge in [-0.3, -0.25) is 0 Å². The van der Waals surface area contributed by atoms with Gasteiger partial charge in [-0.15, -0.1) is 0 Å². The van der Waals surface area contributed by atoms with Crippen LogP contribution in [0.4, 0.5) is 0 Å². The molecule has 5 nitrogen and oxygen atoms in total. The summed E-state index contributed by atoms with van der Waals surface area (Å²) in [6.45, 7) is 2.33. The van der Waals surface area contributed by atoms with Crippen molar-refractivity contribution in [1.29, 1.82) is 0 Å². The van der Waals surface area contributed by atoms with Crippen molar-refractivity contribution in [2.75, 3.05) is 6.54 Å². The molecule has 0 unspecified atom stereocenters. The van der Waals surface area contributed by atoms with Crippen molar-refractivity contribution in [1.82, 2.24) is 5.48 Å². The standard InChI is InChI=1S/C9H12BNO4/c1-2-11-15-9(12)7-3-5-8(6-4-7)10(13)14/h3-6,11,13-14H,2H2,1H3. The average Bonchev–Trinajstić information content (AvgIpc) is 2.26. The maximum absolute atomic E-state index is 11.3. The molecule has 0 aliphatic heterocycles. The normalized spacial score (nSPS) is 9.80. The van der Waals surface area contributed by atoms with Gasteiger partial charge in [-0.1, -0.05) is 12.1 Å². The van der Waals surface area contributed by atoms with Crippen molar-refractivity contribution in [2.24, 2.45) is 0 Å². The molecule has 80 valence electrons. The Bertz CT molecular complexity index is 325. The third kappa shape index (κ3) is 3.36. The van der Waals surface area contributed by atoms with Crippen molar-refractivity contribution in [2.45, 2.75) is 6.92 Å². The zero-order chi connectivity index (χ0) is 11.3. The highest BCUT2D eigenvalue weighted by atomic mass is 16.7. The molecule has 0 saturated heterocycles. The van der Waals surface area contributed by atoms with Gasteiger partial charge in [-0.05, 0) is 24.5 Å². The Hall–Kier alpha value is -1.37. The van der Waals surface area contributed by atoms with Crippen molar-refractivity contribution in [3.63, 3.8) is 0 Å². The van der Waals surface area contributed by atoms with Crippen LogP contribution >= 0.6 is 0 Å². The summed E-state index contributed by atoms with van der Waals surface area (Å²) in [5.74, 6) is -0.504. The first-order valence-electron chi connectivity index (χ1n) is 4.55. The highest BCUT2D eigenvalue weighted by molar-refractivity contribution is 6.58. The second-order valence-corrected chi connectivity index (χ2v) is 2.88. The SMILES string of the molecule is CCNOC(=O)c1ccc(B(O)O)cc1. The van der Waals surface area contributed by atoms with E-state index in [1.165, 1.54) is 24.3 Å². The summed E-state index contributed by atoms with van der Waals surface area (Å²) in [5.41, 5.74) is 3.11. The molecule has 0 aliphatic carbocycles. The molecule has 0 aliphatic rings. The Morgan fingerprint density at radius 2 is 2.00 bits per heavy atom. The van der Waals surface area contributed by atoms with Gasteiger partial charge in [-0.25, -0.2) is 4.79 Å². The molecule has 0 bridgehead atoms. The van der Waals surface area contributed by atoms with E-state index in [-0.39, 0.29) is 0 Å². The van der Waals surface area contributed by atoms with Crippen LogP contribution in [0.3, 0.4) is 0 Å². The molecule has 3 N–H and O–H groups in total. The first-order valence-corrected chi connectivity index (χ1v) is 4.55. The lowest BCUT2D eigenvalue weighted by atomic mass is 9.80. The zero-order valence-electron chi connectivity index (χ0n) is 8.30. The highest BCUT2D eigenvalue weighted by Gasteiger charge is 2.12. The smallest absolute Gasteiger partial charge is 0.423 e. The minimum absolute atomic E-state index is 0.329. The van der Waals surface area contributed by atoms with Crippen LogP contribution in [0.2, 0.25) is 0 Å². The summed E-state index contributed by atoms with van der Waals surface area (Å²) in [6.07, 6.45) is 0. The third-order valence-electron chi connectivity index (χ3n) is 1.75. The predicted molar refractivity (Wildman–Crippen MR) is 55.4 cm³/mol. The molecule has 0 saturated carbocycles. The molecule has 0 radical (unpaired) electrons. The maximum atomic E-state index is 11.3. The van der Waals surface area contributed by atoms with Crippen molar-refractivity contribution in [3.05, 3.63) is 29.8 Å². The number of hydrogen-bond donors (Lipinski definition) is 3. The molecule has 0 heterocycles. The first-order chi connectivity index (χ1) is 7.15. The molecule has 0 atom stereocenters. The molecule has 0 aromatic heterocycles. The fraction of sp³-hybridized carbons (Fsp3) is 0.222. The predicted octanol–water partition coefficient (Wildman–Crippen LogP) is -0.952. The largest absolute Gasteiger partial charge is 0.488 e. The lowest BCUT2D eigenvalue weighted by Gasteiger charge is -2.04. The molecule has 0 spiro atoms. The Balaban J connectivity index is 2.67. The fourth-order valence-electron chi connectivity index (χ4n) is 0.988. The van der Waals surface area contributed by atoms with Gasteiger partial charge in [0.05, 0.1) is 5.56 Å². The van der Waals surface area contributed by atoms with E-state index < -0.39 is 13.1 Å². The summed E-state index contributed by atoms with van der Waals surface area (Å²) in [4.78, 5) is 15.9. The number of carbonyl (C=O) groups is 1. The molecule has 1 aromatic carbocycles. The molecule has 1 aromatic rings. The molecular weight excluding hydrogens is 197 g/mol. The van der Waals surface area contributed by atoms with Crippen LogP contribution in [-0.4, -0.2) is 29.7 Å². The number of hydroxylamine groups is 1. The summed E-state index contributed by atoms with van der Waals surface area (Å²) in [6, 6.07) is 5.84. The second kappa shape index (κ2) is 5.50. The van der Waals surface area contributed by atoms with Gasteiger partial charge in [0.2, 0.25) is 0 Å². The van der Waals surface area contributed by atoms with Gasteiger partial charge in [0.25, 0.3) is 0 Å². The molecule has 0 amide bonds. The number of hydrogen-bond acceptors (Lipinski definition) is 5. The lowest BCUT2D eigenvalue weighted by Crippen LogP contribution is -2.29. The van der Waals surface area contributed by atoms with Gasteiger partial charge in [0.15, 0.2) is 0 Å². The van der Waals surface area contributed by atoms with Gasteiger partial charge >= 0.3 is 13.1 Å². The van der Waals surface area contributed by atoms with E-state index in [2.05, 4.69) is 10.3 Å². The molecule has 0 fully saturated rings. The van der Waals surface area contributed by atoms with Gasteiger partial charge < -0.3 is 14.9 Å². The Kier molecular flexibility index (Phi) is 4.29. The Morgan fingerprint density at radius 3 is 2.47 bits per heavy atom. The minimum atomic E-state index is -1.52. The molecule has 15 heavy (non-hydrogen) atoms. The summed E-state index contributed by atoms with van der Waals surface area (Å²) < 4.78 is 0. The van der Waals surface area contributed by atoms with E-state index in [0.717, 1.165) is 0 Å². The monoisotopic (exact) mass is 209 g/mol. The average molecular weight is 209 g/mol. The number of benzene rings is 1. The molecule has 6 heteroatoms. The quantitative estimate of drug-likeness (QED) is 0.440. The number of nitrogens with one attached hydrogen (secondary N) is 1. The van der Waals surface area contributed by atoms with Crippen LogP contribution in [0.5, 0.6) is 0 Å². The van der Waals surface area contributed by atoms with Gasteiger partial charge in [0.1, 0.15) is 0 Å². The molecule has 1 rings (SSSR count). The Labute approximate surface area is 87.8 Å². The summed E-state index contributed by atoms with van der Waals surface area (Å²) in [7, 11) is -1.52. The zero-order valence-corrected chi connectivity index (χ0v) is 8.30. The van der Waals surface area contributed by atoms with E-state index in [1.54, 1.807) is 6.92 Å². The van der Waals surface area contributed by atoms with E-state index in [9.17, 15) is 4.79 Å². The topological polar surface area (TPSA) is 78.8 Å². The van der Waals surface area contributed by atoms with Crippen LogP contribution in [0.1, 0.15) is 17.3 Å². The van der Waals surface area contributed by atoms with E-state index in [4.69, 9.17) is 10.0 Å². The van der Waals surface area contributed by atoms with Crippen LogP contribution in [0, 0.1) is 0 Å². The van der Waals surface area contributed by atoms with Crippen LogP contribution in [-0.2, 0) is 4.84 Å². The fourth-order valence-corrected chi connectivity index (χ4v) is 0.988. The summed E-state index contributed by atoms with van der Waals surface area (Å²) in [5, 5.41) is 17.6.